The zero-order valence-electron chi connectivity index (χ0n) is 13.0. The van der Waals surface area contributed by atoms with Crippen molar-refractivity contribution < 1.29 is 19.1 Å². The Hall–Kier alpha value is -1.30. The van der Waals surface area contributed by atoms with E-state index < -0.39 is 18.2 Å². The van der Waals surface area contributed by atoms with Crippen LogP contribution in [0, 0.1) is 5.92 Å². The highest BCUT2D eigenvalue weighted by molar-refractivity contribution is 5.86. The van der Waals surface area contributed by atoms with E-state index in [9.17, 15) is 9.59 Å². The summed E-state index contributed by atoms with van der Waals surface area (Å²) in [5, 5.41) is 2.58. The van der Waals surface area contributed by atoms with Crippen molar-refractivity contribution >= 4 is 12.0 Å². The molecule has 0 aromatic carbocycles. The zero-order chi connectivity index (χ0) is 15.3. The number of nitrogens with one attached hydrogen (secondary N) is 1. The molecule has 2 amide bonds. The first-order valence-electron chi connectivity index (χ1n) is 7.10. The predicted molar refractivity (Wildman–Crippen MR) is 75.4 cm³/mol. The van der Waals surface area contributed by atoms with E-state index in [-0.39, 0.29) is 11.9 Å². The van der Waals surface area contributed by atoms with E-state index in [4.69, 9.17) is 4.74 Å². The molecule has 0 saturated carbocycles. The lowest BCUT2D eigenvalue weighted by Gasteiger charge is -2.33. The fourth-order valence-corrected chi connectivity index (χ4v) is 2.64. The van der Waals surface area contributed by atoms with Crippen LogP contribution in [0.1, 0.15) is 33.6 Å². The van der Waals surface area contributed by atoms with Gasteiger partial charge in [0.2, 0.25) is 5.91 Å². The van der Waals surface area contributed by atoms with Crippen molar-refractivity contribution in [3.8, 4) is 0 Å². The van der Waals surface area contributed by atoms with E-state index >= 15 is 0 Å². The molecule has 1 rings (SSSR count). The fourth-order valence-electron chi connectivity index (χ4n) is 2.64. The second kappa shape index (κ2) is 7.47. The number of ether oxygens (including phenoxy) is 2. The molecule has 1 saturated heterocycles. The summed E-state index contributed by atoms with van der Waals surface area (Å²) in [5.74, 6) is 0.305. The molecule has 6 heteroatoms. The third-order valence-electron chi connectivity index (χ3n) is 3.92. The van der Waals surface area contributed by atoms with Crippen LogP contribution in [-0.4, -0.2) is 55.9 Å². The van der Waals surface area contributed by atoms with E-state index in [1.54, 1.807) is 6.92 Å². The predicted octanol–water partition coefficient (Wildman–Crippen LogP) is 1.39. The first-order valence-corrected chi connectivity index (χ1v) is 7.10. The van der Waals surface area contributed by atoms with Crippen molar-refractivity contribution in [2.75, 3.05) is 20.8 Å². The van der Waals surface area contributed by atoms with Gasteiger partial charge < -0.3 is 19.7 Å². The average molecular weight is 286 g/mol. The van der Waals surface area contributed by atoms with Gasteiger partial charge in [0.05, 0.1) is 13.2 Å². The van der Waals surface area contributed by atoms with Crippen LogP contribution in [0.25, 0.3) is 0 Å². The zero-order valence-corrected chi connectivity index (χ0v) is 13.0. The maximum atomic E-state index is 12.7. The molecule has 0 bridgehead atoms. The minimum absolute atomic E-state index is 0.0963. The van der Waals surface area contributed by atoms with Crippen LogP contribution in [0.15, 0.2) is 0 Å². The number of rotatable bonds is 5. The number of amides is 2. The van der Waals surface area contributed by atoms with Gasteiger partial charge in [0.15, 0.2) is 0 Å². The van der Waals surface area contributed by atoms with E-state index in [0.717, 1.165) is 19.4 Å². The molecular formula is C14H26N2O4. The molecule has 0 aromatic heterocycles. The van der Waals surface area contributed by atoms with Gasteiger partial charge in [-0.3, -0.25) is 4.79 Å². The highest BCUT2D eigenvalue weighted by Gasteiger charge is 2.37. The van der Waals surface area contributed by atoms with Gasteiger partial charge >= 0.3 is 6.09 Å². The molecule has 0 aromatic rings. The van der Waals surface area contributed by atoms with E-state index in [1.165, 1.54) is 14.2 Å². The van der Waals surface area contributed by atoms with Crippen LogP contribution in [0.3, 0.4) is 0 Å². The van der Waals surface area contributed by atoms with Crippen LogP contribution >= 0.6 is 0 Å². The second-order valence-electron chi connectivity index (χ2n) is 5.54. The maximum absolute atomic E-state index is 12.7. The smallest absolute Gasteiger partial charge is 0.407 e. The summed E-state index contributed by atoms with van der Waals surface area (Å²) in [6.07, 6.45) is 0.985. The van der Waals surface area contributed by atoms with Crippen molar-refractivity contribution in [2.24, 2.45) is 5.92 Å². The van der Waals surface area contributed by atoms with Crippen LogP contribution in [0.4, 0.5) is 4.79 Å². The molecule has 1 N–H and O–H groups in total. The van der Waals surface area contributed by atoms with Crippen molar-refractivity contribution in [2.45, 2.75) is 51.8 Å². The molecule has 3 unspecified atom stereocenters. The molecule has 0 radical (unpaired) electrons. The standard InChI is InChI=1S/C14H26N2O4/c1-9(2)11-7-6-8-16(11)13(17)12(10(3)19-4)15-14(18)20-5/h9-12H,6-8H2,1-5H3,(H,15,18). The number of methoxy groups -OCH3 is 2. The van der Waals surface area contributed by atoms with Crippen molar-refractivity contribution in [1.29, 1.82) is 0 Å². The van der Waals surface area contributed by atoms with Crippen LogP contribution in [0.2, 0.25) is 0 Å². The van der Waals surface area contributed by atoms with E-state index in [2.05, 4.69) is 23.9 Å². The van der Waals surface area contributed by atoms with Crippen LogP contribution in [0.5, 0.6) is 0 Å². The van der Waals surface area contributed by atoms with Crippen LogP contribution < -0.4 is 5.32 Å². The molecule has 1 aliphatic heterocycles. The van der Waals surface area contributed by atoms with Crippen LogP contribution in [-0.2, 0) is 14.3 Å². The molecule has 1 heterocycles. The Morgan fingerprint density at radius 2 is 1.90 bits per heavy atom. The number of hydrogen-bond acceptors (Lipinski definition) is 4. The summed E-state index contributed by atoms with van der Waals surface area (Å²) < 4.78 is 9.80. The lowest BCUT2D eigenvalue weighted by molar-refractivity contribution is -0.138. The lowest BCUT2D eigenvalue weighted by atomic mass is 10.0. The summed E-state index contributed by atoms with van der Waals surface area (Å²) in [6, 6.07) is -0.486. The van der Waals surface area contributed by atoms with Gasteiger partial charge in [-0.25, -0.2) is 4.79 Å². The summed E-state index contributed by atoms with van der Waals surface area (Å²) in [5.41, 5.74) is 0. The number of alkyl carbamates (subject to hydrolysis) is 1. The largest absolute Gasteiger partial charge is 0.453 e. The highest BCUT2D eigenvalue weighted by atomic mass is 16.5. The Balaban J connectivity index is 2.84. The fraction of sp³-hybridized carbons (Fsp3) is 0.857. The molecular weight excluding hydrogens is 260 g/mol. The SMILES string of the molecule is COC(=O)NC(C(=O)N1CCCC1C(C)C)C(C)OC. The number of likely N-dealkylation sites (tertiary alicyclic amines) is 1. The molecule has 1 aliphatic rings. The summed E-state index contributed by atoms with van der Waals surface area (Å²) in [4.78, 5) is 26.0. The van der Waals surface area contributed by atoms with Gasteiger partial charge in [-0.05, 0) is 25.7 Å². The van der Waals surface area contributed by atoms with Gasteiger partial charge in [0.1, 0.15) is 6.04 Å². The third kappa shape index (κ3) is 3.85. The van der Waals surface area contributed by atoms with Gasteiger partial charge in [0, 0.05) is 19.7 Å². The summed E-state index contributed by atoms with van der Waals surface area (Å²) in [6.45, 7) is 6.72. The topological polar surface area (TPSA) is 67.9 Å². The summed E-state index contributed by atoms with van der Waals surface area (Å²) in [7, 11) is 2.80. The minimum Gasteiger partial charge on any atom is -0.453 e. The molecule has 116 valence electrons. The molecule has 6 nitrogen and oxygen atoms in total. The normalized spacial score (nSPS) is 21.7. The highest BCUT2D eigenvalue weighted by Crippen LogP contribution is 2.25. The number of carbonyl (C=O) groups excluding carboxylic acids is 2. The molecule has 20 heavy (non-hydrogen) atoms. The quantitative estimate of drug-likeness (QED) is 0.829. The molecule has 0 spiro atoms. The monoisotopic (exact) mass is 286 g/mol. The van der Waals surface area contributed by atoms with Gasteiger partial charge in [-0.2, -0.15) is 0 Å². The Bertz CT molecular complexity index is 346. The maximum Gasteiger partial charge on any atom is 0.407 e. The van der Waals surface area contributed by atoms with E-state index in [0.29, 0.717) is 5.92 Å². The number of hydrogen-bond donors (Lipinski definition) is 1. The Morgan fingerprint density at radius 1 is 1.25 bits per heavy atom. The molecule has 0 aliphatic carbocycles. The van der Waals surface area contributed by atoms with Crippen molar-refractivity contribution in [3.05, 3.63) is 0 Å². The number of carbonyl (C=O) groups is 2. The third-order valence-corrected chi connectivity index (χ3v) is 3.92. The lowest BCUT2D eigenvalue weighted by Crippen LogP contribution is -2.55. The van der Waals surface area contributed by atoms with E-state index in [1.807, 2.05) is 4.90 Å². The average Bonchev–Trinajstić information content (AvgIpc) is 2.92. The second-order valence-corrected chi connectivity index (χ2v) is 5.54. The van der Waals surface area contributed by atoms with Gasteiger partial charge in [-0.1, -0.05) is 13.8 Å². The number of nitrogens with zero attached hydrogens (tertiary/aromatic N) is 1. The van der Waals surface area contributed by atoms with Gasteiger partial charge in [-0.15, -0.1) is 0 Å². The summed E-state index contributed by atoms with van der Waals surface area (Å²) >= 11 is 0. The van der Waals surface area contributed by atoms with Crippen molar-refractivity contribution in [3.63, 3.8) is 0 Å². The minimum atomic E-state index is -0.716. The Kier molecular flexibility index (Phi) is 6.26. The first kappa shape index (κ1) is 16.8. The van der Waals surface area contributed by atoms with Crippen molar-refractivity contribution in [1.82, 2.24) is 10.2 Å². The molecule has 1 fully saturated rings. The Labute approximate surface area is 120 Å². The Morgan fingerprint density at radius 3 is 2.40 bits per heavy atom. The van der Waals surface area contributed by atoms with Gasteiger partial charge in [0.25, 0.3) is 0 Å². The first-order chi connectivity index (χ1) is 9.42. The molecule has 3 atom stereocenters.